The third kappa shape index (κ3) is 3.74. The van der Waals surface area contributed by atoms with E-state index < -0.39 is 22.0 Å². The zero-order valence-electron chi connectivity index (χ0n) is 15.6. The number of hydrogen-bond acceptors (Lipinski definition) is 6. The SMILES string of the molecule is N#Cc1ccc(COC(=O)[C@H]2CCCCN2C2=NS(=O)(=O)c3ccccc32)cc1. The molecule has 8 heteroatoms. The van der Waals surface area contributed by atoms with Gasteiger partial charge in [-0.25, -0.2) is 4.79 Å². The van der Waals surface area contributed by atoms with Gasteiger partial charge in [0, 0.05) is 12.1 Å². The molecule has 29 heavy (non-hydrogen) atoms. The Morgan fingerprint density at radius 1 is 1.17 bits per heavy atom. The molecule has 0 bridgehead atoms. The highest BCUT2D eigenvalue weighted by atomic mass is 32.2. The minimum absolute atomic E-state index is 0.0935. The molecule has 1 fully saturated rings. The zero-order chi connectivity index (χ0) is 20.4. The molecule has 0 N–H and O–H groups in total. The van der Waals surface area contributed by atoms with Gasteiger partial charge < -0.3 is 9.64 Å². The fraction of sp³-hybridized carbons (Fsp3) is 0.286. The second-order valence-corrected chi connectivity index (χ2v) is 8.58. The molecule has 2 aromatic rings. The van der Waals surface area contributed by atoms with Crippen molar-refractivity contribution in [1.82, 2.24) is 4.90 Å². The van der Waals surface area contributed by atoms with Crippen molar-refractivity contribution in [3.8, 4) is 6.07 Å². The van der Waals surface area contributed by atoms with Crippen molar-refractivity contribution in [2.24, 2.45) is 4.40 Å². The van der Waals surface area contributed by atoms with Gasteiger partial charge in [0.2, 0.25) is 0 Å². The van der Waals surface area contributed by atoms with E-state index in [0.29, 0.717) is 29.9 Å². The number of esters is 1. The van der Waals surface area contributed by atoms with Gasteiger partial charge in [0.05, 0.1) is 11.6 Å². The molecule has 0 radical (unpaired) electrons. The van der Waals surface area contributed by atoms with E-state index in [4.69, 9.17) is 10.00 Å². The van der Waals surface area contributed by atoms with Crippen LogP contribution in [0.5, 0.6) is 0 Å². The highest BCUT2D eigenvalue weighted by Crippen LogP contribution is 2.31. The first-order valence-corrected chi connectivity index (χ1v) is 10.8. The van der Waals surface area contributed by atoms with E-state index in [9.17, 15) is 13.2 Å². The summed E-state index contributed by atoms with van der Waals surface area (Å²) in [5.74, 6) is -0.0841. The number of nitriles is 1. The van der Waals surface area contributed by atoms with Crippen LogP contribution < -0.4 is 0 Å². The van der Waals surface area contributed by atoms with Crippen LogP contribution in [-0.4, -0.2) is 37.7 Å². The molecule has 1 saturated heterocycles. The molecule has 7 nitrogen and oxygen atoms in total. The summed E-state index contributed by atoms with van der Waals surface area (Å²) in [6.07, 6.45) is 2.28. The van der Waals surface area contributed by atoms with E-state index in [-0.39, 0.29) is 11.5 Å². The Balaban J connectivity index is 1.53. The number of piperidine rings is 1. The average Bonchev–Trinajstić information content (AvgIpc) is 3.03. The maximum Gasteiger partial charge on any atom is 0.329 e. The fourth-order valence-corrected chi connectivity index (χ4v) is 4.87. The van der Waals surface area contributed by atoms with Gasteiger partial charge in [-0.15, -0.1) is 4.40 Å². The standard InChI is InChI=1S/C21H19N3O4S/c22-13-15-8-10-16(11-9-15)14-28-21(25)18-6-3-4-12-24(18)20-17-5-1-2-7-19(17)29(26,27)23-20/h1-2,5,7-11,18H,3-4,6,12,14H2/t18-/m1/s1. The zero-order valence-corrected chi connectivity index (χ0v) is 16.4. The minimum Gasteiger partial charge on any atom is -0.459 e. The lowest BCUT2D eigenvalue weighted by Gasteiger charge is -2.35. The van der Waals surface area contributed by atoms with Crippen molar-refractivity contribution in [1.29, 1.82) is 5.26 Å². The quantitative estimate of drug-likeness (QED) is 0.723. The van der Waals surface area contributed by atoms with Crippen LogP contribution in [0.4, 0.5) is 0 Å². The maximum atomic E-state index is 12.8. The number of sulfonamides is 1. The molecule has 148 valence electrons. The number of amidine groups is 1. The molecule has 2 aliphatic heterocycles. The Kier molecular flexibility index (Phi) is 5.07. The minimum atomic E-state index is -3.75. The van der Waals surface area contributed by atoms with Crippen LogP contribution in [0.3, 0.4) is 0 Å². The van der Waals surface area contributed by atoms with Crippen LogP contribution in [0, 0.1) is 11.3 Å². The van der Waals surface area contributed by atoms with Crippen molar-refractivity contribution in [3.63, 3.8) is 0 Å². The molecule has 0 spiro atoms. The molecule has 2 aromatic carbocycles. The van der Waals surface area contributed by atoms with E-state index in [2.05, 4.69) is 4.40 Å². The Hall–Kier alpha value is -3.18. The van der Waals surface area contributed by atoms with Gasteiger partial charge in [-0.1, -0.05) is 24.3 Å². The van der Waals surface area contributed by atoms with Crippen LogP contribution in [0.25, 0.3) is 0 Å². The third-order valence-electron chi connectivity index (χ3n) is 5.12. The average molecular weight is 409 g/mol. The first-order valence-electron chi connectivity index (χ1n) is 9.36. The van der Waals surface area contributed by atoms with Gasteiger partial charge in [-0.05, 0) is 49.1 Å². The first kappa shape index (κ1) is 19.2. The van der Waals surface area contributed by atoms with E-state index in [0.717, 1.165) is 18.4 Å². The predicted octanol–water partition coefficient (Wildman–Crippen LogP) is 2.61. The summed E-state index contributed by atoms with van der Waals surface area (Å²) < 4.78 is 34.2. The second kappa shape index (κ2) is 7.68. The molecule has 0 aliphatic carbocycles. The van der Waals surface area contributed by atoms with Crippen LogP contribution >= 0.6 is 0 Å². The summed E-state index contributed by atoms with van der Waals surface area (Å²) >= 11 is 0. The molecule has 4 rings (SSSR count). The summed E-state index contributed by atoms with van der Waals surface area (Å²) in [5, 5.41) is 8.86. The number of fused-ring (bicyclic) bond motifs is 1. The number of carbonyl (C=O) groups is 1. The topological polar surface area (TPSA) is 99.8 Å². The first-order chi connectivity index (χ1) is 14.0. The summed E-state index contributed by atoms with van der Waals surface area (Å²) in [6, 6.07) is 15.0. The van der Waals surface area contributed by atoms with Crippen LogP contribution in [-0.2, 0) is 26.2 Å². The molecular formula is C21H19N3O4S. The number of hydrogen-bond donors (Lipinski definition) is 0. The molecule has 0 amide bonds. The number of carbonyl (C=O) groups excluding carboxylic acids is 1. The smallest absolute Gasteiger partial charge is 0.329 e. The maximum absolute atomic E-state index is 12.8. The van der Waals surface area contributed by atoms with Gasteiger partial charge in [0.1, 0.15) is 17.5 Å². The number of nitrogens with zero attached hydrogens (tertiary/aromatic N) is 3. The Labute approximate surface area is 169 Å². The van der Waals surface area contributed by atoms with Gasteiger partial charge in [-0.3, -0.25) is 0 Å². The van der Waals surface area contributed by atoms with E-state index in [1.807, 2.05) is 6.07 Å². The van der Waals surface area contributed by atoms with E-state index >= 15 is 0 Å². The molecule has 2 aliphatic rings. The Morgan fingerprint density at radius 2 is 1.93 bits per heavy atom. The number of benzene rings is 2. The summed E-state index contributed by atoms with van der Waals surface area (Å²) in [6.45, 7) is 0.634. The molecule has 2 heterocycles. The van der Waals surface area contributed by atoms with Gasteiger partial charge in [0.15, 0.2) is 5.84 Å². The summed E-state index contributed by atoms with van der Waals surface area (Å²) in [7, 11) is -3.75. The van der Waals surface area contributed by atoms with Crippen LogP contribution in [0.15, 0.2) is 57.8 Å². The van der Waals surface area contributed by atoms with Gasteiger partial charge in [-0.2, -0.15) is 13.7 Å². The van der Waals surface area contributed by atoms with E-state index in [1.54, 1.807) is 47.4 Å². The highest BCUT2D eigenvalue weighted by Gasteiger charge is 2.38. The largest absolute Gasteiger partial charge is 0.459 e. The van der Waals surface area contributed by atoms with Gasteiger partial charge in [0.25, 0.3) is 10.0 Å². The molecular weight excluding hydrogens is 390 g/mol. The molecule has 1 atom stereocenters. The third-order valence-corrected chi connectivity index (χ3v) is 6.45. The van der Waals surface area contributed by atoms with Gasteiger partial charge >= 0.3 is 5.97 Å². The van der Waals surface area contributed by atoms with Crippen molar-refractivity contribution in [2.75, 3.05) is 6.54 Å². The highest BCUT2D eigenvalue weighted by molar-refractivity contribution is 7.90. The van der Waals surface area contributed by atoms with Crippen molar-refractivity contribution in [2.45, 2.75) is 36.8 Å². The van der Waals surface area contributed by atoms with Crippen LogP contribution in [0.2, 0.25) is 0 Å². The lowest BCUT2D eigenvalue weighted by atomic mass is 10.0. The molecule has 0 aromatic heterocycles. The summed E-state index contributed by atoms with van der Waals surface area (Å²) in [5.41, 5.74) is 1.85. The number of ether oxygens (including phenoxy) is 1. The van der Waals surface area contributed by atoms with Crippen molar-refractivity contribution >= 4 is 21.8 Å². The Morgan fingerprint density at radius 3 is 2.69 bits per heavy atom. The van der Waals surface area contributed by atoms with Crippen molar-refractivity contribution < 1.29 is 17.9 Å². The predicted molar refractivity (Wildman–Crippen MR) is 105 cm³/mol. The normalized spacial score (nSPS) is 19.8. The lowest BCUT2D eigenvalue weighted by Crippen LogP contribution is -2.48. The summed E-state index contributed by atoms with van der Waals surface area (Å²) in [4.78, 5) is 14.7. The molecule has 0 unspecified atom stereocenters. The molecule has 0 saturated carbocycles. The lowest BCUT2D eigenvalue weighted by molar-refractivity contribution is -0.150. The van der Waals surface area contributed by atoms with Crippen molar-refractivity contribution in [3.05, 3.63) is 65.2 Å². The van der Waals surface area contributed by atoms with Crippen LogP contribution in [0.1, 0.15) is 36.0 Å². The number of likely N-dealkylation sites (tertiary alicyclic amines) is 1. The fourth-order valence-electron chi connectivity index (χ4n) is 3.65. The monoisotopic (exact) mass is 409 g/mol. The Bertz CT molecular complexity index is 1120. The van der Waals surface area contributed by atoms with E-state index in [1.165, 1.54) is 6.07 Å². The second-order valence-electron chi connectivity index (χ2n) is 7.01. The number of rotatable bonds is 3.